The zero-order valence-electron chi connectivity index (χ0n) is 12.8. The van der Waals surface area contributed by atoms with E-state index in [1.54, 1.807) is 46.0 Å². The first-order chi connectivity index (χ1) is 10.3. The Morgan fingerprint density at radius 1 is 1.05 bits per heavy atom. The van der Waals surface area contributed by atoms with Crippen LogP contribution in [0.15, 0.2) is 29.2 Å². The van der Waals surface area contributed by atoms with Crippen molar-refractivity contribution in [3.8, 4) is 6.19 Å². The van der Waals surface area contributed by atoms with Gasteiger partial charge in [-0.15, -0.1) is 4.31 Å². The first-order valence-electron chi connectivity index (χ1n) is 6.60. The van der Waals surface area contributed by atoms with E-state index in [1.165, 1.54) is 6.07 Å². The van der Waals surface area contributed by atoms with Gasteiger partial charge in [0, 0.05) is 11.4 Å². The summed E-state index contributed by atoms with van der Waals surface area (Å²) in [6.45, 7) is 6.92. The minimum absolute atomic E-state index is 0.0804. The van der Waals surface area contributed by atoms with Crippen LogP contribution in [-0.2, 0) is 10.0 Å². The molecule has 1 aromatic carbocycles. The van der Waals surface area contributed by atoms with Crippen molar-refractivity contribution >= 4 is 16.0 Å². The number of rotatable bonds is 3. The summed E-state index contributed by atoms with van der Waals surface area (Å²) in [5.74, 6) is -0.138. The number of sulfonamides is 1. The molecule has 0 fully saturated rings. The van der Waals surface area contributed by atoms with E-state index in [1.807, 2.05) is 6.07 Å². The number of benzene rings is 1. The molecule has 7 heteroatoms. The third-order valence-electron chi connectivity index (χ3n) is 3.10. The standard InChI is InChI=1S/C15H16N4O2S/c1-10-5-6-11(2)14(7-10)22(20,21)19(9-16)15-17-12(3)8-13(4)18-15/h5-8H,1-4H3. The number of aryl methyl sites for hydroxylation is 4. The van der Waals surface area contributed by atoms with Crippen LogP contribution in [0.1, 0.15) is 22.5 Å². The fourth-order valence-corrected chi connectivity index (χ4v) is 3.50. The summed E-state index contributed by atoms with van der Waals surface area (Å²) in [5, 5.41) is 9.34. The Labute approximate surface area is 130 Å². The second-order valence-electron chi connectivity index (χ2n) is 5.09. The molecule has 0 saturated carbocycles. The average Bonchev–Trinajstić information content (AvgIpc) is 2.40. The topological polar surface area (TPSA) is 87.0 Å². The van der Waals surface area contributed by atoms with Gasteiger partial charge in [0.1, 0.15) is 0 Å². The lowest BCUT2D eigenvalue weighted by Crippen LogP contribution is -2.28. The van der Waals surface area contributed by atoms with Crippen molar-refractivity contribution < 1.29 is 8.42 Å². The number of hydrogen-bond acceptors (Lipinski definition) is 5. The Balaban J connectivity index is 2.64. The maximum atomic E-state index is 12.8. The van der Waals surface area contributed by atoms with Crippen molar-refractivity contribution in [2.24, 2.45) is 0 Å². The molecule has 0 aliphatic heterocycles. The molecule has 22 heavy (non-hydrogen) atoms. The molecule has 0 atom stereocenters. The van der Waals surface area contributed by atoms with E-state index < -0.39 is 10.0 Å². The number of nitriles is 1. The quantitative estimate of drug-likeness (QED) is 0.641. The molecule has 0 radical (unpaired) electrons. The Morgan fingerprint density at radius 2 is 1.64 bits per heavy atom. The normalized spacial score (nSPS) is 11.0. The molecule has 1 heterocycles. The third kappa shape index (κ3) is 2.92. The predicted octanol–water partition coefficient (Wildman–Crippen LogP) is 2.39. The highest BCUT2D eigenvalue weighted by molar-refractivity contribution is 7.93. The molecular weight excluding hydrogens is 300 g/mol. The number of nitrogens with zero attached hydrogens (tertiary/aromatic N) is 4. The van der Waals surface area contributed by atoms with Crippen molar-refractivity contribution in [2.45, 2.75) is 32.6 Å². The van der Waals surface area contributed by atoms with Crippen LogP contribution in [0.2, 0.25) is 0 Å². The molecule has 114 valence electrons. The highest BCUT2D eigenvalue weighted by atomic mass is 32.2. The molecule has 0 amide bonds. The van der Waals surface area contributed by atoms with Gasteiger partial charge in [-0.3, -0.25) is 0 Å². The van der Waals surface area contributed by atoms with E-state index in [9.17, 15) is 13.7 Å². The highest BCUT2D eigenvalue weighted by Gasteiger charge is 2.29. The minimum atomic E-state index is -4.04. The largest absolute Gasteiger partial charge is 0.279 e. The second-order valence-corrected chi connectivity index (χ2v) is 6.84. The van der Waals surface area contributed by atoms with Crippen molar-refractivity contribution in [1.82, 2.24) is 9.97 Å². The smallest absolute Gasteiger partial charge is 0.217 e. The summed E-state index contributed by atoms with van der Waals surface area (Å²) in [6.07, 6.45) is 1.68. The molecule has 0 unspecified atom stereocenters. The third-order valence-corrected chi connectivity index (χ3v) is 4.83. The Morgan fingerprint density at radius 3 is 2.18 bits per heavy atom. The Hall–Kier alpha value is -2.46. The van der Waals surface area contributed by atoms with Gasteiger partial charge < -0.3 is 0 Å². The lowest BCUT2D eigenvalue weighted by molar-refractivity contribution is 0.594. The molecule has 0 saturated heterocycles. The highest BCUT2D eigenvalue weighted by Crippen LogP contribution is 2.24. The first kappa shape index (κ1) is 15.9. The zero-order valence-corrected chi connectivity index (χ0v) is 13.6. The van der Waals surface area contributed by atoms with Crippen LogP contribution in [0.5, 0.6) is 0 Å². The predicted molar refractivity (Wildman–Crippen MR) is 82.7 cm³/mol. The lowest BCUT2D eigenvalue weighted by atomic mass is 10.2. The maximum Gasteiger partial charge on any atom is 0.279 e. The van der Waals surface area contributed by atoms with Crippen LogP contribution in [0, 0.1) is 39.1 Å². The molecule has 2 rings (SSSR count). The van der Waals surface area contributed by atoms with E-state index in [4.69, 9.17) is 0 Å². The van der Waals surface area contributed by atoms with Crippen LogP contribution in [0.25, 0.3) is 0 Å². The SMILES string of the molecule is Cc1ccc(C)c(S(=O)(=O)N(C#N)c2nc(C)cc(C)n2)c1. The van der Waals surface area contributed by atoms with Gasteiger partial charge in [0.05, 0.1) is 4.90 Å². The Bertz CT molecular complexity index is 849. The van der Waals surface area contributed by atoms with Crippen LogP contribution < -0.4 is 4.31 Å². The fraction of sp³-hybridized carbons (Fsp3) is 0.267. The number of hydrogen-bond donors (Lipinski definition) is 0. The van der Waals surface area contributed by atoms with Gasteiger partial charge in [-0.2, -0.15) is 13.7 Å². The summed E-state index contributed by atoms with van der Waals surface area (Å²) in [6, 6.07) is 6.78. The van der Waals surface area contributed by atoms with Gasteiger partial charge in [-0.1, -0.05) is 12.1 Å². The second kappa shape index (κ2) is 5.73. The zero-order chi connectivity index (χ0) is 16.5. The van der Waals surface area contributed by atoms with Crippen molar-refractivity contribution in [1.29, 1.82) is 5.26 Å². The fourth-order valence-electron chi connectivity index (χ4n) is 2.09. The summed E-state index contributed by atoms with van der Waals surface area (Å²) >= 11 is 0. The van der Waals surface area contributed by atoms with Crippen LogP contribution in [0.4, 0.5) is 5.95 Å². The van der Waals surface area contributed by atoms with Gasteiger partial charge in [0.25, 0.3) is 16.0 Å². The van der Waals surface area contributed by atoms with E-state index in [-0.39, 0.29) is 10.8 Å². The van der Waals surface area contributed by atoms with Gasteiger partial charge in [0.15, 0.2) is 0 Å². The molecule has 1 aromatic heterocycles. The summed E-state index contributed by atoms with van der Waals surface area (Å²) in [7, 11) is -4.04. The lowest BCUT2D eigenvalue weighted by Gasteiger charge is -2.16. The van der Waals surface area contributed by atoms with Gasteiger partial charge in [0.2, 0.25) is 6.19 Å². The molecule has 2 aromatic rings. The van der Waals surface area contributed by atoms with Crippen molar-refractivity contribution in [2.75, 3.05) is 4.31 Å². The maximum absolute atomic E-state index is 12.8. The minimum Gasteiger partial charge on any atom is -0.217 e. The number of anilines is 1. The number of aromatic nitrogens is 2. The average molecular weight is 316 g/mol. The molecule has 0 spiro atoms. The van der Waals surface area contributed by atoms with E-state index in [0.29, 0.717) is 21.3 Å². The van der Waals surface area contributed by atoms with Crippen LogP contribution in [-0.4, -0.2) is 18.4 Å². The summed E-state index contributed by atoms with van der Waals surface area (Å²) < 4.78 is 26.1. The molecule has 0 bridgehead atoms. The van der Waals surface area contributed by atoms with Crippen LogP contribution in [0.3, 0.4) is 0 Å². The van der Waals surface area contributed by atoms with E-state index >= 15 is 0 Å². The molecular formula is C15H16N4O2S. The van der Waals surface area contributed by atoms with E-state index in [0.717, 1.165) is 5.56 Å². The Kier molecular flexibility index (Phi) is 4.15. The monoisotopic (exact) mass is 316 g/mol. The van der Waals surface area contributed by atoms with Crippen molar-refractivity contribution in [3.05, 3.63) is 46.8 Å². The summed E-state index contributed by atoms with van der Waals surface area (Å²) in [4.78, 5) is 8.20. The summed E-state index contributed by atoms with van der Waals surface area (Å²) in [5.41, 5.74) is 2.55. The van der Waals surface area contributed by atoms with Gasteiger partial charge in [-0.25, -0.2) is 9.97 Å². The van der Waals surface area contributed by atoms with Gasteiger partial charge >= 0.3 is 0 Å². The molecule has 0 N–H and O–H groups in total. The van der Waals surface area contributed by atoms with E-state index in [2.05, 4.69) is 9.97 Å². The van der Waals surface area contributed by atoms with Crippen molar-refractivity contribution in [3.63, 3.8) is 0 Å². The van der Waals surface area contributed by atoms with Gasteiger partial charge in [-0.05, 0) is 51.0 Å². The molecule has 0 aliphatic rings. The van der Waals surface area contributed by atoms with Crippen LogP contribution >= 0.6 is 0 Å². The molecule has 6 nitrogen and oxygen atoms in total. The molecule has 0 aliphatic carbocycles. The first-order valence-corrected chi connectivity index (χ1v) is 8.04.